The Kier molecular flexibility index (Phi) is 6.50. The molecule has 0 saturated carbocycles. The molecule has 1 rings (SSSR count). The second-order valence-corrected chi connectivity index (χ2v) is 4.56. The smallest absolute Gasteiger partial charge is 0.239 e. The first kappa shape index (κ1) is 15.6. The highest BCUT2D eigenvalue weighted by atomic mass is 19.1. The number of hydrogen-bond acceptors (Lipinski definition) is 2. The molecule has 0 saturated heterocycles. The Labute approximate surface area is 114 Å². The van der Waals surface area contributed by atoms with Gasteiger partial charge in [-0.3, -0.25) is 4.79 Å². The Morgan fingerprint density at radius 3 is 2.37 bits per heavy atom. The number of likely N-dealkylation sites (N-methyl/N-ethyl adjacent to an activating group) is 1. The summed E-state index contributed by atoms with van der Waals surface area (Å²) >= 11 is 0. The van der Waals surface area contributed by atoms with Crippen LogP contribution in [-0.4, -0.2) is 36.5 Å². The van der Waals surface area contributed by atoms with Crippen molar-refractivity contribution in [2.24, 2.45) is 0 Å². The Hall–Kier alpha value is -1.42. The lowest BCUT2D eigenvalue weighted by molar-refractivity contribution is -0.132. The van der Waals surface area contributed by atoms with E-state index >= 15 is 0 Å². The number of amides is 1. The van der Waals surface area contributed by atoms with Crippen LogP contribution in [-0.2, 0) is 11.2 Å². The molecule has 106 valence electrons. The van der Waals surface area contributed by atoms with Gasteiger partial charge in [-0.05, 0) is 51.4 Å². The number of hydrogen-bond donors (Lipinski definition) is 1. The molecule has 3 nitrogen and oxygen atoms in total. The van der Waals surface area contributed by atoms with Gasteiger partial charge in [0.05, 0.1) is 6.04 Å². The zero-order chi connectivity index (χ0) is 14.3. The molecular formula is C15H23FN2O. The Morgan fingerprint density at radius 2 is 1.84 bits per heavy atom. The summed E-state index contributed by atoms with van der Waals surface area (Å²) in [7, 11) is 0. The van der Waals surface area contributed by atoms with Gasteiger partial charge in [-0.25, -0.2) is 4.39 Å². The van der Waals surface area contributed by atoms with Crippen LogP contribution < -0.4 is 5.32 Å². The minimum atomic E-state index is -0.221. The second kappa shape index (κ2) is 7.89. The molecule has 0 aromatic heterocycles. The third kappa shape index (κ3) is 4.99. The minimum absolute atomic E-state index is 0.129. The van der Waals surface area contributed by atoms with E-state index in [2.05, 4.69) is 5.32 Å². The van der Waals surface area contributed by atoms with Crippen molar-refractivity contribution in [3.8, 4) is 0 Å². The Morgan fingerprint density at radius 1 is 1.26 bits per heavy atom. The second-order valence-electron chi connectivity index (χ2n) is 4.56. The summed E-state index contributed by atoms with van der Waals surface area (Å²) in [5, 5.41) is 3.21. The summed E-state index contributed by atoms with van der Waals surface area (Å²) in [5.74, 6) is -0.0918. The van der Waals surface area contributed by atoms with Crippen LogP contribution in [0.1, 0.15) is 26.3 Å². The van der Waals surface area contributed by atoms with Gasteiger partial charge in [0.25, 0.3) is 0 Å². The molecule has 0 bridgehead atoms. The summed E-state index contributed by atoms with van der Waals surface area (Å²) in [6.45, 7) is 8.02. The molecule has 1 aromatic rings. The van der Waals surface area contributed by atoms with Crippen LogP contribution in [0.25, 0.3) is 0 Å². The SMILES string of the molecule is CCN(CC)C(=O)C(C)NCCc1ccc(F)cc1. The van der Waals surface area contributed by atoms with Gasteiger partial charge in [0.2, 0.25) is 5.91 Å². The van der Waals surface area contributed by atoms with Gasteiger partial charge >= 0.3 is 0 Å². The van der Waals surface area contributed by atoms with Gasteiger partial charge < -0.3 is 10.2 Å². The van der Waals surface area contributed by atoms with E-state index in [4.69, 9.17) is 0 Å². The van der Waals surface area contributed by atoms with E-state index in [-0.39, 0.29) is 17.8 Å². The fourth-order valence-corrected chi connectivity index (χ4v) is 1.98. The summed E-state index contributed by atoms with van der Waals surface area (Å²) in [6, 6.07) is 6.28. The van der Waals surface area contributed by atoms with Gasteiger partial charge in [-0.1, -0.05) is 12.1 Å². The van der Waals surface area contributed by atoms with E-state index in [0.717, 1.165) is 25.1 Å². The van der Waals surface area contributed by atoms with Crippen molar-refractivity contribution in [1.29, 1.82) is 0 Å². The predicted molar refractivity (Wildman–Crippen MR) is 75.5 cm³/mol. The van der Waals surface area contributed by atoms with Crippen LogP contribution in [0.4, 0.5) is 4.39 Å². The lowest BCUT2D eigenvalue weighted by Gasteiger charge is -2.23. The quantitative estimate of drug-likeness (QED) is 0.820. The van der Waals surface area contributed by atoms with Crippen LogP contribution in [0.5, 0.6) is 0 Å². The van der Waals surface area contributed by atoms with Gasteiger partial charge in [0.1, 0.15) is 5.82 Å². The van der Waals surface area contributed by atoms with Crippen LogP contribution in [0.2, 0.25) is 0 Å². The number of carbonyl (C=O) groups excluding carboxylic acids is 1. The maximum Gasteiger partial charge on any atom is 0.239 e. The van der Waals surface area contributed by atoms with E-state index in [9.17, 15) is 9.18 Å². The highest BCUT2D eigenvalue weighted by Crippen LogP contribution is 2.03. The number of nitrogens with one attached hydrogen (secondary N) is 1. The number of halogens is 1. The largest absolute Gasteiger partial charge is 0.342 e. The van der Waals surface area contributed by atoms with Gasteiger partial charge in [-0.2, -0.15) is 0 Å². The number of carbonyl (C=O) groups is 1. The molecule has 1 atom stereocenters. The average Bonchev–Trinajstić information content (AvgIpc) is 2.42. The third-order valence-corrected chi connectivity index (χ3v) is 3.22. The van der Waals surface area contributed by atoms with E-state index in [1.54, 1.807) is 12.1 Å². The first-order chi connectivity index (χ1) is 9.08. The lowest BCUT2D eigenvalue weighted by Crippen LogP contribution is -2.45. The van der Waals surface area contributed by atoms with Crippen molar-refractivity contribution in [2.75, 3.05) is 19.6 Å². The molecule has 0 radical (unpaired) electrons. The zero-order valence-electron chi connectivity index (χ0n) is 11.9. The molecule has 0 aliphatic rings. The normalized spacial score (nSPS) is 12.2. The maximum absolute atomic E-state index is 12.7. The van der Waals surface area contributed by atoms with E-state index in [1.165, 1.54) is 12.1 Å². The van der Waals surface area contributed by atoms with Gasteiger partial charge in [0.15, 0.2) is 0 Å². The van der Waals surface area contributed by atoms with E-state index in [0.29, 0.717) is 6.54 Å². The molecule has 0 spiro atoms. The molecule has 1 unspecified atom stereocenters. The summed E-state index contributed by atoms with van der Waals surface area (Å²) in [4.78, 5) is 13.8. The molecule has 0 heterocycles. The highest BCUT2D eigenvalue weighted by molar-refractivity contribution is 5.81. The number of rotatable bonds is 7. The topological polar surface area (TPSA) is 32.3 Å². The Balaban J connectivity index is 2.36. The van der Waals surface area contributed by atoms with Crippen LogP contribution >= 0.6 is 0 Å². The van der Waals surface area contributed by atoms with Crippen LogP contribution in [0.3, 0.4) is 0 Å². The van der Waals surface area contributed by atoms with E-state index in [1.807, 2.05) is 25.7 Å². The molecule has 4 heteroatoms. The number of nitrogens with zero attached hydrogens (tertiary/aromatic N) is 1. The molecular weight excluding hydrogens is 243 g/mol. The lowest BCUT2D eigenvalue weighted by atomic mass is 10.1. The summed E-state index contributed by atoms with van der Waals surface area (Å²) < 4.78 is 12.7. The monoisotopic (exact) mass is 266 g/mol. The van der Waals surface area contributed by atoms with Gasteiger partial charge in [-0.15, -0.1) is 0 Å². The van der Waals surface area contributed by atoms with Crippen molar-refractivity contribution in [1.82, 2.24) is 10.2 Å². The van der Waals surface area contributed by atoms with Crippen molar-refractivity contribution >= 4 is 5.91 Å². The zero-order valence-corrected chi connectivity index (χ0v) is 11.9. The standard InChI is InChI=1S/C15H23FN2O/c1-4-18(5-2)15(19)12(3)17-11-10-13-6-8-14(16)9-7-13/h6-9,12,17H,4-5,10-11H2,1-3H3. The first-order valence-corrected chi connectivity index (χ1v) is 6.85. The van der Waals surface area contributed by atoms with Crippen LogP contribution in [0, 0.1) is 5.82 Å². The molecule has 19 heavy (non-hydrogen) atoms. The van der Waals surface area contributed by atoms with Gasteiger partial charge in [0, 0.05) is 13.1 Å². The molecule has 0 aliphatic carbocycles. The fourth-order valence-electron chi connectivity index (χ4n) is 1.98. The van der Waals surface area contributed by atoms with Crippen molar-refractivity contribution in [2.45, 2.75) is 33.2 Å². The third-order valence-electron chi connectivity index (χ3n) is 3.22. The van der Waals surface area contributed by atoms with Crippen molar-refractivity contribution < 1.29 is 9.18 Å². The molecule has 1 amide bonds. The Bertz CT molecular complexity index is 388. The predicted octanol–water partition coefficient (Wildman–Crippen LogP) is 2.21. The van der Waals surface area contributed by atoms with Crippen LogP contribution in [0.15, 0.2) is 24.3 Å². The average molecular weight is 266 g/mol. The highest BCUT2D eigenvalue weighted by Gasteiger charge is 2.16. The minimum Gasteiger partial charge on any atom is -0.342 e. The maximum atomic E-state index is 12.7. The number of benzene rings is 1. The summed E-state index contributed by atoms with van der Waals surface area (Å²) in [5.41, 5.74) is 1.07. The molecule has 0 fully saturated rings. The first-order valence-electron chi connectivity index (χ1n) is 6.85. The van der Waals surface area contributed by atoms with Crippen molar-refractivity contribution in [3.05, 3.63) is 35.6 Å². The summed E-state index contributed by atoms with van der Waals surface area (Å²) in [6.07, 6.45) is 0.788. The molecule has 1 aromatic carbocycles. The molecule has 1 N–H and O–H groups in total. The fraction of sp³-hybridized carbons (Fsp3) is 0.533. The van der Waals surface area contributed by atoms with Crippen molar-refractivity contribution in [3.63, 3.8) is 0 Å². The van der Waals surface area contributed by atoms with E-state index < -0.39 is 0 Å². The molecule has 0 aliphatic heterocycles.